The topological polar surface area (TPSA) is 129 Å². The Bertz CT molecular complexity index is 1800. The van der Waals surface area contributed by atoms with Gasteiger partial charge < -0.3 is 34.0 Å². The third-order valence-corrected chi connectivity index (χ3v) is 12.3. The first kappa shape index (κ1) is 40.5. The molecule has 55 heavy (non-hydrogen) atoms. The van der Waals surface area contributed by atoms with Crippen LogP contribution in [0.4, 0.5) is 0 Å². The summed E-state index contributed by atoms with van der Waals surface area (Å²) in [4.78, 5) is 21.9. The number of nitrogens with zero attached hydrogens (tertiary/aromatic N) is 2. The number of aromatic nitrogens is 1. The fourth-order valence-corrected chi connectivity index (χ4v) is 9.96. The van der Waals surface area contributed by atoms with Gasteiger partial charge in [-0.15, -0.1) is 6.58 Å². The van der Waals surface area contributed by atoms with Crippen molar-refractivity contribution in [3.05, 3.63) is 102 Å². The van der Waals surface area contributed by atoms with Crippen LogP contribution in [-0.2, 0) is 16.0 Å². The van der Waals surface area contributed by atoms with Crippen molar-refractivity contribution in [2.24, 2.45) is 22.9 Å². The number of aryl methyl sites for hydroxylation is 1. The van der Waals surface area contributed by atoms with E-state index in [1.165, 1.54) is 12.7 Å². The number of unbranched alkanes of at least 4 members (excludes halogenated alkanes) is 2. The first-order valence-electron chi connectivity index (χ1n) is 19.5. The van der Waals surface area contributed by atoms with Crippen LogP contribution in [0.1, 0.15) is 79.3 Å². The van der Waals surface area contributed by atoms with Crippen molar-refractivity contribution >= 4 is 23.8 Å². The molecule has 0 amide bonds. The van der Waals surface area contributed by atoms with Crippen molar-refractivity contribution in [2.45, 2.75) is 75.2 Å². The minimum atomic E-state index is -1.05. The van der Waals surface area contributed by atoms with E-state index in [0.29, 0.717) is 48.9 Å². The van der Waals surface area contributed by atoms with Crippen LogP contribution in [0.15, 0.2) is 90.4 Å². The zero-order chi connectivity index (χ0) is 38.6. The maximum Gasteiger partial charge on any atom is 0.230 e. The largest absolute Gasteiger partial charge is 0.496 e. The second-order valence-corrected chi connectivity index (χ2v) is 15.6. The fourth-order valence-electron chi connectivity index (χ4n) is 8.55. The van der Waals surface area contributed by atoms with Crippen molar-refractivity contribution in [3.63, 3.8) is 0 Å². The molecule has 0 radical (unpaired) electrons. The third-order valence-electron chi connectivity index (χ3n) is 10.9. The van der Waals surface area contributed by atoms with Crippen molar-refractivity contribution in [2.75, 3.05) is 39.3 Å². The van der Waals surface area contributed by atoms with Crippen LogP contribution in [0.2, 0.25) is 0 Å². The molecule has 3 aliphatic rings. The van der Waals surface area contributed by atoms with Crippen molar-refractivity contribution in [1.29, 1.82) is 0 Å². The lowest BCUT2D eigenvalue weighted by Crippen LogP contribution is -2.64. The van der Waals surface area contributed by atoms with E-state index in [0.717, 1.165) is 73.2 Å². The number of fused-ring (bicyclic) bond motifs is 2. The van der Waals surface area contributed by atoms with Crippen LogP contribution >= 0.6 is 11.8 Å². The van der Waals surface area contributed by atoms with Gasteiger partial charge in [0.25, 0.3) is 0 Å². The summed E-state index contributed by atoms with van der Waals surface area (Å²) in [6.45, 7) is 7.00. The second-order valence-electron chi connectivity index (χ2n) is 14.3. The minimum absolute atomic E-state index is 0.0632. The highest BCUT2D eigenvalue weighted by atomic mass is 32.2. The highest BCUT2D eigenvalue weighted by Gasteiger charge is 2.64. The minimum Gasteiger partial charge on any atom is -0.496 e. The molecule has 294 valence electrons. The number of carbonyl (C=O) groups is 1. The maximum absolute atomic E-state index is 11.8. The van der Waals surface area contributed by atoms with Crippen molar-refractivity contribution in [1.82, 2.24) is 4.98 Å². The number of benzene rings is 2. The van der Waals surface area contributed by atoms with E-state index < -0.39 is 5.79 Å². The molecule has 1 aliphatic heterocycles. The van der Waals surface area contributed by atoms with Gasteiger partial charge in [-0.25, -0.2) is 0 Å². The molecule has 1 fully saturated rings. The molecule has 6 rings (SSSR count). The van der Waals surface area contributed by atoms with Gasteiger partial charge in [-0.05, 0) is 116 Å². The fraction of sp³-hybridized carbons (Fsp3) is 0.477. The Kier molecular flexibility index (Phi) is 14.4. The molecular weight excluding hydrogens is 717 g/mol. The van der Waals surface area contributed by atoms with Crippen molar-refractivity contribution < 1.29 is 38.8 Å². The predicted octanol–water partition coefficient (Wildman–Crippen LogP) is 8.32. The van der Waals surface area contributed by atoms with E-state index in [9.17, 15) is 15.0 Å². The van der Waals surface area contributed by atoms with Crippen molar-refractivity contribution in [3.8, 4) is 23.0 Å². The van der Waals surface area contributed by atoms with E-state index in [4.69, 9.17) is 28.9 Å². The van der Waals surface area contributed by atoms with Gasteiger partial charge in [0.2, 0.25) is 5.79 Å². The van der Waals surface area contributed by atoms with Gasteiger partial charge in [-0.2, -0.15) is 11.8 Å². The number of aldehydes is 1. The second kappa shape index (κ2) is 19.6. The van der Waals surface area contributed by atoms with Gasteiger partial charge in [-0.1, -0.05) is 30.1 Å². The molecule has 1 aromatic heterocycles. The summed E-state index contributed by atoms with van der Waals surface area (Å²) in [6.07, 6.45) is 15.0. The summed E-state index contributed by atoms with van der Waals surface area (Å²) in [7, 11) is 1.53. The molecular formula is C44H54N2O8S. The average Bonchev–Trinajstić information content (AvgIpc) is 3.21. The molecule has 2 heterocycles. The van der Waals surface area contributed by atoms with Crippen LogP contribution in [0.3, 0.4) is 0 Å². The van der Waals surface area contributed by atoms with Crippen LogP contribution in [0.25, 0.3) is 0 Å². The number of allylic oxidation sites excluding steroid dienone is 1. The molecule has 2 aromatic carbocycles. The Morgan fingerprint density at radius 1 is 1.04 bits per heavy atom. The highest BCUT2D eigenvalue weighted by Crippen LogP contribution is 2.62. The lowest BCUT2D eigenvalue weighted by atomic mass is 9.56. The van der Waals surface area contributed by atoms with Crippen LogP contribution in [-0.4, -0.2) is 77.5 Å². The van der Waals surface area contributed by atoms with Crippen LogP contribution in [0.5, 0.6) is 23.0 Å². The number of carbonyl (C=O) groups excluding carboxylic acids is 1. The van der Waals surface area contributed by atoms with Gasteiger partial charge in [0.1, 0.15) is 29.6 Å². The number of hydrogen-bond acceptors (Lipinski definition) is 11. The molecule has 0 unspecified atom stereocenters. The quantitative estimate of drug-likeness (QED) is 0.0472. The monoisotopic (exact) mass is 770 g/mol. The first-order chi connectivity index (χ1) is 27.0. The molecule has 2 aliphatic carbocycles. The van der Waals surface area contributed by atoms with Gasteiger partial charge in [0.05, 0.1) is 36.2 Å². The molecule has 0 saturated heterocycles. The average molecular weight is 771 g/mol. The molecule has 0 spiro atoms. The Morgan fingerprint density at radius 2 is 1.80 bits per heavy atom. The van der Waals surface area contributed by atoms with Gasteiger partial charge in [0.15, 0.2) is 6.29 Å². The maximum atomic E-state index is 11.8. The van der Waals surface area contributed by atoms with Gasteiger partial charge in [-0.3, -0.25) is 9.78 Å². The molecule has 1 saturated carbocycles. The lowest BCUT2D eigenvalue weighted by molar-refractivity contribution is -0.223. The molecule has 11 heteroatoms. The van der Waals surface area contributed by atoms with Gasteiger partial charge in [0, 0.05) is 43.5 Å². The Hall–Kier alpha value is -4.16. The van der Waals surface area contributed by atoms with E-state index in [1.807, 2.05) is 43.2 Å². The number of rotatable bonds is 21. The number of aliphatic hydroxyl groups is 2. The number of thioether (sulfide) groups is 1. The smallest absolute Gasteiger partial charge is 0.230 e. The molecule has 2 N–H and O–H groups in total. The normalized spacial score (nSPS) is 24.5. The summed E-state index contributed by atoms with van der Waals surface area (Å²) in [5.41, 5.74) is 4.64. The number of oxime groups is 1. The predicted molar refractivity (Wildman–Crippen MR) is 215 cm³/mol. The van der Waals surface area contributed by atoms with E-state index in [-0.39, 0.29) is 42.1 Å². The lowest BCUT2D eigenvalue weighted by Gasteiger charge is -2.58. The summed E-state index contributed by atoms with van der Waals surface area (Å²) in [5, 5.41) is 24.3. The summed E-state index contributed by atoms with van der Waals surface area (Å²) in [5.74, 6) is 2.19. The highest BCUT2D eigenvalue weighted by molar-refractivity contribution is 8.00. The Labute approximate surface area is 329 Å². The molecule has 6 atom stereocenters. The molecule has 3 aromatic rings. The van der Waals surface area contributed by atoms with Crippen LogP contribution in [0, 0.1) is 17.8 Å². The van der Waals surface area contributed by atoms with Gasteiger partial charge >= 0.3 is 0 Å². The third kappa shape index (κ3) is 9.12. The molecule has 0 bridgehead atoms. The number of pyridine rings is 1. The van der Waals surface area contributed by atoms with E-state index in [2.05, 4.69) is 35.8 Å². The number of hydrogen-bond donors (Lipinski definition) is 2. The number of ether oxygens (including phenoxy) is 4. The zero-order valence-corrected chi connectivity index (χ0v) is 32.8. The summed E-state index contributed by atoms with van der Waals surface area (Å²) < 4.78 is 26.1. The number of methoxy groups -OCH3 is 1. The number of aliphatic hydroxyl groups excluding tert-OH is 2. The van der Waals surface area contributed by atoms with E-state index >= 15 is 0 Å². The van der Waals surface area contributed by atoms with Crippen LogP contribution < -0.4 is 14.2 Å². The summed E-state index contributed by atoms with van der Waals surface area (Å²) in [6, 6.07) is 15.3. The zero-order valence-electron chi connectivity index (χ0n) is 31.9. The first-order valence-corrected chi connectivity index (χ1v) is 20.6. The summed E-state index contributed by atoms with van der Waals surface area (Å²) >= 11 is 1.84. The SMILES string of the molecule is C=CCO[C@@]12Oc3ccc(Oc4ccc(OC)c(C=O)c4)cc3[C@H]3[C@H](CCCCO)[C@@H](CCCCO)C=C(C(=NOCC)C[C@@H]1SCCc1ccncc1)[C@H]32. The van der Waals surface area contributed by atoms with E-state index in [1.54, 1.807) is 24.3 Å². The Balaban J connectivity index is 1.49. The Morgan fingerprint density at radius 3 is 2.53 bits per heavy atom. The molecule has 10 nitrogen and oxygen atoms in total. The standard InChI is InChI=1S/C44H54N2O8S/c1-4-23-51-44-41(55-24-18-30-16-19-45-20-17-30)28-38(46-52-5-2)36-26-31(10-6-8-21-47)35(11-7-9-22-48)42(43(36)44)37-27-34(13-15-40(37)54-44)53-33-12-14-39(50-3)32(25-33)29-49/h4,12-17,19-20,25-27,29,31,35,41-43,47-48H,1,5-11,18,21-24,28H2,2-3H3/t31-,35+,41-,42+,43+,44+/m0/s1.